The number of carbonyl (C=O) groups excluding carboxylic acids is 1. The fourth-order valence-corrected chi connectivity index (χ4v) is 3.34. The Kier molecular flexibility index (Phi) is 6.01. The van der Waals surface area contributed by atoms with Gasteiger partial charge in [0, 0.05) is 11.3 Å². The summed E-state index contributed by atoms with van der Waals surface area (Å²) < 4.78 is 57.7. The molecule has 4 aromatic rings. The number of alkyl halides is 3. The van der Waals surface area contributed by atoms with Gasteiger partial charge in [-0.1, -0.05) is 0 Å². The van der Waals surface area contributed by atoms with Crippen LogP contribution in [0.5, 0.6) is 17.2 Å². The maximum absolute atomic E-state index is 13.9. The molecule has 0 saturated heterocycles. The number of amides is 1. The minimum Gasteiger partial charge on any atom is -0.497 e. The highest BCUT2D eigenvalue weighted by atomic mass is 19.4. The summed E-state index contributed by atoms with van der Waals surface area (Å²) >= 11 is 0. The Morgan fingerprint density at radius 1 is 0.941 bits per heavy atom. The molecule has 1 N–H and O–H groups in total. The number of benzene rings is 2. The first kappa shape index (κ1) is 22.9. The standard InChI is InChI=1S/C23H19F3N4O4/c1-32-15-7-5-14(6-8-15)28-22(31)16-12-27-30-20(23(24,25)26)11-17(29-21(16)30)13-4-9-18(33-2)19(10-13)34-3/h4-12H,1-3H3,(H,28,31). The van der Waals surface area contributed by atoms with E-state index in [1.807, 2.05) is 0 Å². The van der Waals surface area contributed by atoms with Crippen LogP contribution in [0, 0.1) is 0 Å². The smallest absolute Gasteiger partial charge is 0.433 e. The fourth-order valence-electron chi connectivity index (χ4n) is 3.34. The first-order valence-corrected chi connectivity index (χ1v) is 9.89. The van der Waals surface area contributed by atoms with E-state index in [4.69, 9.17) is 14.2 Å². The first-order chi connectivity index (χ1) is 16.2. The van der Waals surface area contributed by atoms with Crippen molar-refractivity contribution in [3.8, 4) is 28.5 Å². The summed E-state index contributed by atoms with van der Waals surface area (Å²) in [5, 5.41) is 6.41. The van der Waals surface area contributed by atoms with E-state index in [-0.39, 0.29) is 16.9 Å². The predicted molar refractivity (Wildman–Crippen MR) is 117 cm³/mol. The van der Waals surface area contributed by atoms with Crippen molar-refractivity contribution >= 4 is 17.2 Å². The van der Waals surface area contributed by atoms with Gasteiger partial charge >= 0.3 is 6.18 Å². The summed E-state index contributed by atoms with van der Waals surface area (Å²) in [6, 6.07) is 12.0. The molecule has 11 heteroatoms. The Morgan fingerprint density at radius 3 is 2.26 bits per heavy atom. The third-order valence-electron chi connectivity index (χ3n) is 5.03. The molecule has 2 aromatic carbocycles. The number of nitrogens with zero attached hydrogens (tertiary/aromatic N) is 3. The molecule has 0 fully saturated rings. The highest BCUT2D eigenvalue weighted by Crippen LogP contribution is 2.36. The van der Waals surface area contributed by atoms with Crippen LogP contribution in [0.3, 0.4) is 0 Å². The van der Waals surface area contributed by atoms with E-state index in [2.05, 4.69) is 15.4 Å². The van der Waals surface area contributed by atoms with Gasteiger partial charge in [0.1, 0.15) is 11.3 Å². The Bertz CT molecular complexity index is 1350. The van der Waals surface area contributed by atoms with Crippen molar-refractivity contribution < 1.29 is 32.2 Å². The molecule has 176 valence electrons. The van der Waals surface area contributed by atoms with Gasteiger partial charge < -0.3 is 19.5 Å². The zero-order valence-corrected chi connectivity index (χ0v) is 18.3. The lowest BCUT2D eigenvalue weighted by atomic mass is 10.1. The van der Waals surface area contributed by atoms with Crippen LogP contribution in [0.15, 0.2) is 54.7 Å². The number of anilines is 1. The normalized spacial score (nSPS) is 11.4. The largest absolute Gasteiger partial charge is 0.497 e. The maximum atomic E-state index is 13.9. The van der Waals surface area contributed by atoms with Crippen LogP contribution in [0.2, 0.25) is 0 Å². The predicted octanol–water partition coefficient (Wildman–Crippen LogP) is 4.69. The van der Waals surface area contributed by atoms with Crippen molar-refractivity contribution in [3.05, 3.63) is 66.0 Å². The number of hydrogen-bond donors (Lipinski definition) is 1. The molecule has 0 bridgehead atoms. The van der Waals surface area contributed by atoms with E-state index >= 15 is 0 Å². The summed E-state index contributed by atoms with van der Waals surface area (Å²) in [6.45, 7) is 0. The number of fused-ring (bicyclic) bond motifs is 1. The first-order valence-electron chi connectivity index (χ1n) is 9.89. The van der Waals surface area contributed by atoms with Gasteiger partial charge in [-0.3, -0.25) is 4.79 Å². The maximum Gasteiger partial charge on any atom is 0.433 e. The minimum absolute atomic E-state index is 0.0141. The third-order valence-corrected chi connectivity index (χ3v) is 5.03. The van der Waals surface area contributed by atoms with Gasteiger partial charge in [-0.05, 0) is 48.5 Å². The highest BCUT2D eigenvalue weighted by molar-refractivity contribution is 6.08. The molecular weight excluding hydrogens is 453 g/mol. The van der Waals surface area contributed by atoms with Crippen molar-refractivity contribution in [2.75, 3.05) is 26.6 Å². The molecule has 0 aliphatic heterocycles. The lowest BCUT2D eigenvalue weighted by Gasteiger charge is -2.13. The van der Waals surface area contributed by atoms with Crippen molar-refractivity contribution in [1.29, 1.82) is 0 Å². The van der Waals surface area contributed by atoms with Crippen LogP contribution in [-0.4, -0.2) is 41.8 Å². The molecular formula is C23H19F3N4O4. The fraction of sp³-hybridized carbons (Fsp3) is 0.174. The number of aromatic nitrogens is 3. The lowest BCUT2D eigenvalue weighted by Crippen LogP contribution is -2.15. The van der Waals surface area contributed by atoms with Crippen LogP contribution in [0.1, 0.15) is 16.1 Å². The van der Waals surface area contributed by atoms with E-state index < -0.39 is 17.8 Å². The van der Waals surface area contributed by atoms with Gasteiger partial charge in [0.25, 0.3) is 5.91 Å². The number of carbonyl (C=O) groups is 1. The Morgan fingerprint density at radius 2 is 1.65 bits per heavy atom. The molecule has 2 aromatic heterocycles. The molecule has 0 unspecified atom stereocenters. The molecule has 0 aliphatic rings. The molecule has 0 atom stereocenters. The summed E-state index contributed by atoms with van der Waals surface area (Å²) in [7, 11) is 4.37. The average Bonchev–Trinajstić information content (AvgIpc) is 3.27. The van der Waals surface area contributed by atoms with Crippen molar-refractivity contribution in [2.45, 2.75) is 6.18 Å². The second-order valence-electron chi connectivity index (χ2n) is 7.07. The Hall–Kier alpha value is -4.28. The molecule has 2 heterocycles. The van der Waals surface area contributed by atoms with Gasteiger partial charge in [-0.15, -0.1) is 0 Å². The van der Waals surface area contributed by atoms with E-state index in [0.29, 0.717) is 33.0 Å². The van der Waals surface area contributed by atoms with E-state index in [0.717, 1.165) is 12.3 Å². The quantitative estimate of drug-likeness (QED) is 0.438. The molecule has 0 saturated carbocycles. The van der Waals surface area contributed by atoms with E-state index in [1.165, 1.54) is 27.4 Å². The second kappa shape index (κ2) is 8.93. The molecule has 0 aliphatic carbocycles. The van der Waals surface area contributed by atoms with Gasteiger partial charge in [0.05, 0.1) is 33.2 Å². The van der Waals surface area contributed by atoms with Gasteiger partial charge in [0.15, 0.2) is 22.8 Å². The third kappa shape index (κ3) is 4.32. The topological polar surface area (TPSA) is 87.0 Å². The molecule has 0 radical (unpaired) electrons. The minimum atomic E-state index is -4.75. The second-order valence-corrected chi connectivity index (χ2v) is 7.07. The summed E-state index contributed by atoms with van der Waals surface area (Å²) in [5.74, 6) is 0.656. The zero-order valence-electron chi connectivity index (χ0n) is 18.3. The molecule has 4 rings (SSSR count). The van der Waals surface area contributed by atoms with Crippen LogP contribution in [0.25, 0.3) is 16.9 Å². The number of rotatable bonds is 6. The van der Waals surface area contributed by atoms with Gasteiger partial charge in [-0.25, -0.2) is 9.50 Å². The molecule has 1 amide bonds. The van der Waals surface area contributed by atoms with Crippen molar-refractivity contribution in [3.63, 3.8) is 0 Å². The Labute approximate surface area is 191 Å². The molecule has 8 nitrogen and oxygen atoms in total. The van der Waals surface area contributed by atoms with E-state index in [1.54, 1.807) is 36.4 Å². The van der Waals surface area contributed by atoms with Gasteiger partial charge in [0.2, 0.25) is 0 Å². The molecule has 34 heavy (non-hydrogen) atoms. The van der Waals surface area contributed by atoms with Crippen LogP contribution < -0.4 is 19.5 Å². The number of methoxy groups -OCH3 is 3. The highest BCUT2D eigenvalue weighted by Gasteiger charge is 2.36. The van der Waals surface area contributed by atoms with Crippen LogP contribution in [0.4, 0.5) is 18.9 Å². The number of nitrogens with one attached hydrogen (secondary N) is 1. The number of hydrogen-bond acceptors (Lipinski definition) is 6. The van der Waals surface area contributed by atoms with E-state index in [9.17, 15) is 18.0 Å². The SMILES string of the molecule is COc1ccc(NC(=O)c2cnn3c(C(F)(F)F)cc(-c4ccc(OC)c(OC)c4)nc23)cc1. The van der Waals surface area contributed by atoms with Crippen LogP contribution >= 0.6 is 0 Å². The van der Waals surface area contributed by atoms with Crippen molar-refractivity contribution in [2.24, 2.45) is 0 Å². The lowest BCUT2D eigenvalue weighted by molar-refractivity contribution is -0.142. The molecule has 0 spiro atoms. The van der Waals surface area contributed by atoms with Crippen LogP contribution in [-0.2, 0) is 6.18 Å². The summed E-state index contributed by atoms with van der Waals surface area (Å²) in [6.07, 6.45) is -3.70. The average molecular weight is 472 g/mol. The zero-order chi connectivity index (χ0) is 24.5. The summed E-state index contributed by atoms with van der Waals surface area (Å²) in [4.78, 5) is 17.2. The van der Waals surface area contributed by atoms with Gasteiger partial charge in [-0.2, -0.15) is 18.3 Å². The van der Waals surface area contributed by atoms with Crippen molar-refractivity contribution in [1.82, 2.24) is 14.6 Å². The number of ether oxygens (including phenoxy) is 3. The monoisotopic (exact) mass is 472 g/mol. The number of halogens is 3. The Balaban J connectivity index is 1.81. The summed E-state index contributed by atoms with van der Waals surface area (Å²) in [5.41, 5.74) is -0.689.